The lowest BCUT2D eigenvalue weighted by Crippen LogP contribution is -2.40. The molecule has 1 N–H and O–H groups in total. The summed E-state index contributed by atoms with van der Waals surface area (Å²) < 4.78 is 5.86. The minimum Gasteiger partial charge on any atom is -0.376 e. The maximum atomic E-state index is 5.86. The van der Waals surface area contributed by atoms with Crippen LogP contribution in [-0.4, -0.2) is 59.1 Å². The summed E-state index contributed by atoms with van der Waals surface area (Å²) >= 11 is 0. The van der Waals surface area contributed by atoms with Crippen molar-refractivity contribution < 1.29 is 4.74 Å². The van der Waals surface area contributed by atoms with Crippen molar-refractivity contribution in [3.63, 3.8) is 0 Å². The molecule has 4 aliphatic rings. The highest BCUT2D eigenvalue weighted by atomic mass is 16.5. The van der Waals surface area contributed by atoms with Crippen LogP contribution < -0.4 is 9.80 Å². The largest absolute Gasteiger partial charge is 0.376 e. The zero-order chi connectivity index (χ0) is 17.8. The Hall–Kier alpha value is -2.15. The number of H-pyrrole nitrogens is 1. The minimum absolute atomic E-state index is 0.372. The van der Waals surface area contributed by atoms with E-state index in [1.165, 1.54) is 31.4 Å². The lowest BCUT2D eigenvalue weighted by atomic mass is 9.62. The van der Waals surface area contributed by atoms with E-state index >= 15 is 0 Å². The molecule has 142 valence electrons. The second kappa shape index (κ2) is 5.92. The smallest absolute Gasteiger partial charge is 0.134 e. The lowest BCUT2D eigenvalue weighted by Gasteiger charge is -2.42. The third-order valence-corrected chi connectivity index (χ3v) is 7.25. The molecule has 0 amide bonds. The summed E-state index contributed by atoms with van der Waals surface area (Å²) in [5, 5.41) is 7.42. The number of rotatable bonds is 3. The molecule has 4 fully saturated rings. The van der Waals surface area contributed by atoms with E-state index in [0.29, 0.717) is 23.4 Å². The molecular formula is C20H26N6O. The fourth-order valence-corrected chi connectivity index (χ4v) is 5.71. The number of piperidine rings is 1. The summed E-state index contributed by atoms with van der Waals surface area (Å²) in [4.78, 5) is 14.1. The Bertz CT molecular complexity index is 808. The maximum absolute atomic E-state index is 5.86. The van der Waals surface area contributed by atoms with Gasteiger partial charge in [-0.15, -0.1) is 0 Å². The van der Waals surface area contributed by atoms with Crippen molar-refractivity contribution in [3.8, 4) is 0 Å². The standard InChI is InChI=1S/C20H26N6O/c1-3-20(4-1)12-26(10-16(20)17-2-5-23-24-17)19-7-18(21-13-22-19)25-8-14-6-15(9-25)27-11-14/h2,5,7,13-16H,1,3-4,6,8-12H2,(H,23,24). The molecular weight excluding hydrogens is 340 g/mol. The number of ether oxygens (including phenoxy) is 1. The summed E-state index contributed by atoms with van der Waals surface area (Å²) in [5.74, 6) is 3.28. The Labute approximate surface area is 159 Å². The van der Waals surface area contributed by atoms with E-state index in [1.807, 2.05) is 6.20 Å². The van der Waals surface area contributed by atoms with Crippen LogP contribution in [0.5, 0.6) is 0 Å². The van der Waals surface area contributed by atoms with Gasteiger partial charge in [-0.2, -0.15) is 5.10 Å². The van der Waals surface area contributed by atoms with E-state index in [4.69, 9.17) is 4.74 Å². The molecule has 3 unspecified atom stereocenters. The Morgan fingerprint density at radius 2 is 2.00 bits per heavy atom. The predicted molar refractivity (Wildman–Crippen MR) is 102 cm³/mol. The van der Waals surface area contributed by atoms with Gasteiger partial charge in [0.05, 0.1) is 12.7 Å². The molecule has 0 aromatic carbocycles. The molecule has 1 saturated carbocycles. The molecule has 2 bridgehead atoms. The van der Waals surface area contributed by atoms with Crippen molar-refractivity contribution in [3.05, 3.63) is 30.4 Å². The lowest BCUT2D eigenvalue weighted by molar-refractivity contribution is 0.119. The van der Waals surface area contributed by atoms with E-state index in [-0.39, 0.29) is 0 Å². The molecule has 2 aromatic rings. The zero-order valence-electron chi connectivity index (χ0n) is 15.5. The number of hydrogen-bond donors (Lipinski definition) is 1. The van der Waals surface area contributed by atoms with Gasteiger partial charge in [-0.25, -0.2) is 9.97 Å². The van der Waals surface area contributed by atoms with E-state index < -0.39 is 0 Å². The molecule has 0 radical (unpaired) electrons. The van der Waals surface area contributed by atoms with Gasteiger partial charge in [0.2, 0.25) is 0 Å². The van der Waals surface area contributed by atoms with Crippen LogP contribution in [0.1, 0.15) is 37.3 Å². The van der Waals surface area contributed by atoms with Crippen molar-refractivity contribution in [2.75, 3.05) is 42.6 Å². The van der Waals surface area contributed by atoms with Crippen LogP contribution in [0.25, 0.3) is 0 Å². The highest BCUT2D eigenvalue weighted by Gasteiger charge is 2.51. The summed E-state index contributed by atoms with van der Waals surface area (Å²) in [7, 11) is 0. The highest BCUT2D eigenvalue weighted by molar-refractivity contribution is 5.52. The van der Waals surface area contributed by atoms with Gasteiger partial charge >= 0.3 is 0 Å². The number of fused-ring (bicyclic) bond motifs is 2. The highest BCUT2D eigenvalue weighted by Crippen LogP contribution is 2.55. The first kappa shape index (κ1) is 15.9. The van der Waals surface area contributed by atoms with Gasteiger partial charge in [0, 0.05) is 56.0 Å². The molecule has 7 heteroatoms. The molecule has 6 rings (SSSR count). The van der Waals surface area contributed by atoms with Crippen molar-refractivity contribution in [2.45, 2.75) is 37.7 Å². The summed E-state index contributed by atoms with van der Waals surface area (Å²) in [6.07, 6.45) is 9.13. The van der Waals surface area contributed by atoms with Crippen molar-refractivity contribution in [1.82, 2.24) is 20.2 Å². The fourth-order valence-electron chi connectivity index (χ4n) is 5.71. The SMILES string of the molecule is c1cc(C2CN(c3cc(N4CC5COC(C5)C4)ncn3)CC23CCC3)[nH]n1. The molecule has 3 aliphatic heterocycles. The van der Waals surface area contributed by atoms with Crippen LogP contribution in [0, 0.1) is 11.3 Å². The van der Waals surface area contributed by atoms with E-state index in [9.17, 15) is 0 Å². The molecule has 3 atom stereocenters. The Morgan fingerprint density at radius 1 is 1.11 bits per heavy atom. The van der Waals surface area contributed by atoms with Crippen LogP contribution in [0.3, 0.4) is 0 Å². The van der Waals surface area contributed by atoms with Gasteiger partial charge in [-0.3, -0.25) is 5.10 Å². The van der Waals surface area contributed by atoms with Gasteiger partial charge in [-0.1, -0.05) is 6.42 Å². The monoisotopic (exact) mass is 366 g/mol. The predicted octanol–water partition coefficient (Wildman–Crippen LogP) is 2.20. The number of hydrogen-bond acceptors (Lipinski definition) is 6. The fraction of sp³-hybridized carbons (Fsp3) is 0.650. The third kappa shape index (κ3) is 2.55. The van der Waals surface area contributed by atoms with Crippen LogP contribution in [-0.2, 0) is 4.74 Å². The molecule has 1 spiro atoms. The normalized spacial score (nSPS) is 31.5. The summed E-state index contributed by atoms with van der Waals surface area (Å²) in [6, 6.07) is 4.33. The third-order valence-electron chi connectivity index (χ3n) is 7.25. The van der Waals surface area contributed by atoms with Crippen LogP contribution >= 0.6 is 0 Å². The molecule has 5 heterocycles. The first-order chi connectivity index (χ1) is 13.3. The second-order valence-corrected chi connectivity index (χ2v) is 8.86. The Morgan fingerprint density at radius 3 is 2.74 bits per heavy atom. The van der Waals surface area contributed by atoms with Crippen LogP contribution in [0.4, 0.5) is 11.6 Å². The van der Waals surface area contributed by atoms with E-state index in [2.05, 4.69) is 42.1 Å². The first-order valence-electron chi connectivity index (χ1n) is 10.2. The number of aromatic nitrogens is 4. The average molecular weight is 366 g/mol. The van der Waals surface area contributed by atoms with E-state index in [0.717, 1.165) is 44.4 Å². The number of aromatic amines is 1. The number of anilines is 2. The quantitative estimate of drug-likeness (QED) is 0.898. The molecule has 2 aromatic heterocycles. The maximum Gasteiger partial charge on any atom is 0.134 e. The van der Waals surface area contributed by atoms with Crippen molar-refractivity contribution in [2.24, 2.45) is 11.3 Å². The van der Waals surface area contributed by atoms with Gasteiger partial charge < -0.3 is 14.5 Å². The number of nitrogens with zero attached hydrogens (tertiary/aromatic N) is 5. The zero-order valence-corrected chi connectivity index (χ0v) is 15.5. The van der Waals surface area contributed by atoms with Crippen LogP contribution in [0.2, 0.25) is 0 Å². The van der Waals surface area contributed by atoms with Gasteiger partial charge in [0.15, 0.2) is 0 Å². The molecule has 7 nitrogen and oxygen atoms in total. The Kier molecular flexibility index (Phi) is 3.48. The molecule has 3 saturated heterocycles. The summed E-state index contributed by atoms with van der Waals surface area (Å²) in [6.45, 7) is 5.00. The van der Waals surface area contributed by atoms with Gasteiger partial charge in [0.1, 0.15) is 18.0 Å². The second-order valence-electron chi connectivity index (χ2n) is 8.86. The Balaban J connectivity index is 1.26. The minimum atomic E-state index is 0.372. The van der Waals surface area contributed by atoms with Crippen molar-refractivity contribution in [1.29, 1.82) is 0 Å². The van der Waals surface area contributed by atoms with E-state index in [1.54, 1.807) is 6.33 Å². The number of nitrogens with one attached hydrogen (secondary N) is 1. The van der Waals surface area contributed by atoms with Crippen LogP contribution in [0.15, 0.2) is 24.7 Å². The molecule has 27 heavy (non-hydrogen) atoms. The van der Waals surface area contributed by atoms with Gasteiger partial charge in [-0.05, 0) is 30.7 Å². The molecule has 1 aliphatic carbocycles. The topological polar surface area (TPSA) is 70.2 Å². The summed E-state index contributed by atoms with van der Waals surface area (Å²) in [5.41, 5.74) is 1.66. The van der Waals surface area contributed by atoms with Crippen molar-refractivity contribution >= 4 is 11.6 Å². The average Bonchev–Trinajstić information content (AvgIpc) is 3.39. The first-order valence-corrected chi connectivity index (χ1v) is 10.2. The van der Waals surface area contributed by atoms with Gasteiger partial charge in [0.25, 0.3) is 0 Å².